The molecule has 5 rings (SSSR count). The van der Waals surface area contributed by atoms with Gasteiger partial charge in [0.25, 0.3) is 11.8 Å². The predicted molar refractivity (Wildman–Crippen MR) is 185 cm³/mol. The van der Waals surface area contributed by atoms with E-state index in [-0.39, 0.29) is 61.9 Å². The summed E-state index contributed by atoms with van der Waals surface area (Å²) in [6.07, 6.45) is 1.75. The van der Waals surface area contributed by atoms with Gasteiger partial charge in [-0.3, -0.25) is 9.59 Å². The van der Waals surface area contributed by atoms with Gasteiger partial charge < -0.3 is 44.5 Å². The third-order valence-electron chi connectivity index (χ3n) is 8.77. The number of ether oxygens (including phenoxy) is 4. The molecule has 2 aliphatic rings. The van der Waals surface area contributed by atoms with Gasteiger partial charge in [-0.2, -0.15) is 0 Å². The Labute approximate surface area is 287 Å². The number of carbonyl (C=O) groups is 3. The molecule has 0 aromatic heterocycles. The van der Waals surface area contributed by atoms with Crippen LogP contribution >= 0.6 is 0 Å². The van der Waals surface area contributed by atoms with Gasteiger partial charge in [0.15, 0.2) is 11.5 Å². The Bertz CT molecular complexity index is 1600. The molecule has 2 aliphatic heterocycles. The highest BCUT2D eigenvalue weighted by Crippen LogP contribution is 2.34. The molecule has 3 N–H and O–H groups in total. The van der Waals surface area contributed by atoms with E-state index in [1.165, 1.54) is 0 Å². The second-order valence-corrected chi connectivity index (χ2v) is 12.7. The highest BCUT2D eigenvalue weighted by atomic mass is 16.7. The summed E-state index contributed by atoms with van der Waals surface area (Å²) < 4.78 is 23.5. The van der Waals surface area contributed by atoms with E-state index in [1.807, 2.05) is 19.9 Å². The van der Waals surface area contributed by atoms with Crippen molar-refractivity contribution in [3.63, 3.8) is 0 Å². The molecule has 0 spiro atoms. The lowest BCUT2D eigenvalue weighted by Crippen LogP contribution is -2.48. The van der Waals surface area contributed by atoms with Crippen LogP contribution in [0, 0.1) is 5.92 Å². The minimum Gasteiger partial charge on any atom is -0.490 e. The highest BCUT2D eigenvalue weighted by Gasteiger charge is 2.31. The number of urea groups is 1. The average molecular weight is 675 g/mol. The second-order valence-electron chi connectivity index (χ2n) is 12.7. The number of hydrogen-bond donors (Lipinski definition) is 3. The summed E-state index contributed by atoms with van der Waals surface area (Å²) in [5.74, 6) is 0.716. The predicted octanol–water partition coefficient (Wildman–Crippen LogP) is 5.63. The molecule has 12 heteroatoms. The Morgan fingerprint density at radius 1 is 0.959 bits per heavy atom. The van der Waals surface area contributed by atoms with E-state index >= 15 is 0 Å². The van der Waals surface area contributed by atoms with Crippen LogP contribution in [0.1, 0.15) is 60.7 Å². The molecule has 3 aromatic carbocycles. The molecule has 0 saturated carbocycles. The average Bonchev–Trinajstić information content (AvgIpc) is 3.58. The monoisotopic (exact) mass is 674 g/mol. The van der Waals surface area contributed by atoms with Gasteiger partial charge in [-0.15, -0.1) is 0 Å². The lowest BCUT2D eigenvalue weighted by molar-refractivity contribution is -0.0115. The van der Waals surface area contributed by atoms with E-state index in [0.29, 0.717) is 40.8 Å². The summed E-state index contributed by atoms with van der Waals surface area (Å²) in [6.45, 7) is 6.56. The van der Waals surface area contributed by atoms with Crippen molar-refractivity contribution in [3.05, 3.63) is 77.9 Å². The maximum Gasteiger partial charge on any atom is 0.321 e. The number of benzene rings is 3. The summed E-state index contributed by atoms with van der Waals surface area (Å²) in [5, 5.41) is 16.0. The summed E-state index contributed by atoms with van der Waals surface area (Å²) in [7, 11) is 1.70. The maximum atomic E-state index is 14.4. The molecule has 0 saturated heterocycles. The van der Waals surface area contributed by atoms with Gasteiger partial charge in [-0.05, 0) is 75.6 Å². The number of anilines is 2. The van der Waals surface area contributed by atoms with Crippen LogP contribution in [0.15, 0.2) is 66.7 Å². The van der Waals surface area contributed by atoms with Crippen LogP contribution in [0.4, 0.5) is 16.2 Å². The lowest BCUT2D eigenvalue weighted by atomic mass is 10.0. The van der Waals surface area contributed by atoms with Crippen LogP contribution in [0.2, 0.25) is 0 Å². The molecular weight excluding hydrogens is 628 g/mol. The molecule has 4 atom stereocenters. The van der Waals surface area contributed by atoms with E-state index in [9.17, 15) is 19.5 Å². The first kappa shape index (κ1) is 35.5. The molecule has 12 nitrogen and oxygen atoms in total. The molecule has 0 fully saturated rings. The van der Waals surface area contributed by atoms with E-state index in [1.54, 1.807) is 84.4 Å². The first-order valence-corrected chi connectivity index (χ1v) is 16.7. The van der Waals surface area contributed by atoms with Crippen molar-refractivity contribution in [2.24, 2.45) is 5.92 Å². The topological polar surface area (TPSA) is 139 Å². The minimum atomic E-state index is -0.539. The van der Waals surface area contributed by atoms with Gasteiger partial charge in [-0.25, -0.2) is 4.79 Å². The molecule has 0 bridgehead atoms. The zero-order valence-corrected chi connectivity index (χ0v) is 28.5. The molecule has 49 heavy (non-hydrogen) atoms. The van der Waals surface area contributed by atoms with Gasteiger partial charge >= 0.3 is 6.03 Å². The Hall–Kier alpha value is -4.81. The molecule has 3 aromatic rings. The number of aliphatic hydroxyl groups is 1. The number of hydrogen-bond acceptors (Lipinski definition) is 8. The third kappa shape index (κ3) is 9.21. The number of carbonyl (C=O) groups excluding carboxylic acids is 3. The number of fused-ring (bicyclic) bond motifs is 2. The Morgan fingerprint density at radius 2 is 1.67 bits per heavy atom. The van der Waals surface area contributed by atoms with Crippen molar-refractivity contribution in [1.82, 2.24) is 9.80 Å². The van der Waals surface area contributed by atoms with Crippen molar-refractivity contribution in [1.29, 1.82) is 0 Å². The van der Waals surface area contributed by atoms with E-state index in [2.05, 4.69) is 10.6 Å². The van der Waals surface area contributed by atoms with Crippen molar-refractivity contribution in [2.75, 3.05) is 50.8 Å². The van der Waals surface area contributed by atoms with Crippen LogP contribution in [-0.2, 0) is 4.74 Å². The minimum absolute atomic E-state index is 0.140. The van der Waals surface area contributed by atoms with Crippen molar-refractivity contribution in [2.45, 2.75) is 58.3 Å². The number of nitrogens with one attached hydrogen (secondary N) is 2. The molecule has 4 amide bonds. The van der Waals surface area contributed by atoms with Crippen LogP contribution in [0.5, 0.6) is 17.2 Å². The zero-order valence-electron chi connectivity index (χ0n) is 28.5. The van der Waals surface area contributed by atoms with Crippen LogP contribution < -0.4 is 24.8 Å². The Kier molecular flexibility index (Phi) is 12.0. The number of likely N-dealkylation sites (N-methyl/N-ethyl adjacent to an activating group) is 1. The van der Waals surface area contributed by atoms with Crippen LogP contribution in [0.3, 0.4) is 0 Å². The molecule has 2 heterocycles. The van der Waals surface area contributed by atoms with Crippen molar-refractivity contribution in [3.8, 4) is 17.2 Å². The largest absolute Gasteiger partial charge is 0.490 e. The normalized spacial score (nSPS) is 20.3. The van der Waals surface area contributed by atoms with E-state index in [4.69, 9.17) is 18.9 Å². The van der Waals surface area contributed by atoms with Gasteiger partial charge in [0.05, 0.1) is 30.4 Å². The smallest absolute Gasteiger partial charge is 0.321 e. The number of amides is 4. The molecule has 262 valence electrons. The van der Waals surface area contributed by atoms with Crippen LogP contribution in [0.25, 0.3) is 0 Å². The summed E-state index contributed by atoms with van der Waals surface area (Å²) in [6, 6.07) is 18.2. The SMILES string of the molecule is C[C@@H]1CN([C@@H](C)CO)C(=O)c2cc(NC(=O)c3ccccc3)ccc2O[C@@H](C)CCCCO[C@H]1CN(C)C(=O)Nc1ccc2c(c1)OCO2. The fraction of sp³-hybridized carbons (Fsp3) is 0.432. The maximum absolute atomic E-state index is 14.4. The fourth-order valence-corrected chi connectivity index (χ4v) is 5.80. The zero-order chi connectivity index (χ0) is 34.9. The van der Waals surface area contributed by atoms with Gasteiger partial charge in [-0.1, -0.05) is 25.1 Å². The van der Waals surface area contributed by atoms with Gasteiger partial charge in [0.1, 0.15) is 5.75 Å². The molecule has 0 aliphatic carbocycles. The third-order valence-corrected chi connectivity index (χ3v) is 8.77. The standard InChI is InChI=1S/C37H46N4O8/c1-24-20-41(25(2)22-42)36(44)30-18-28(38-35(43)27-11-6-5-7-12-27)13-15-31(30)49-26(3)10-8-9-17-46-34(24)21-40(4)37(45)39-29-14-16-32-33(19-29)48-23-47-32/h5-7,11-16,18-19,24-26,34,42H,8-10,17,20-23H2,1-4H3,(H,38,43)(H,39,45)/t24-,25+,26+,34+/m1/s1. The van der Waals surface area contributed by atoms with Gasteiger partial charge in [0, 0.05) is 55.7 Å². The van der Waals surface area contributed by atoms with Crippen molar-refractivity contribution < 1.29 is 38.4 Å². The van der Waals surface area contributed by atoms with Crippen molar-refractivity contribution >= 4 is 29.2 Å². The second kappa shape index (κ2) is 16.5. The highest BCUT2D eigenvalue weighted by molar-refractivity contribution is 6.05. The first-order chi connectivity index (χ1) is 23.6. The van der Waals surface area contributed by atoms with E-state index < -0.39 is 12.1 Å². The molecular formula is C37H46N4O8. The molecule has 0 unspecified atom stereocenters. The fourth-order valence-electron chi connectivity index (χ4n) is 5.80. The van der Waals surface area contributed by atoms with E-state index in [0.717, 1.165) is 19.3 Å². The number of aliphatic hydroxyl groups excluding tert-OH is 1. The summed E-state index contributed by atoms with van der Waals surface area (Å²) >= 11 is 0. The Balaban J connectivity index is 1.36. The molecule has 0 radical (unpaired) electrons. The Morgan fingerprint density at radius 3 is 2.43 bits per heavy atom. The van der Waals surface area contributed by atoms with Crippen LogP contribution in [-0.4, -0.2) is 91.1 Å². The summed E-state index contributed by atoms with van der Waals surface area (Å²) in [5.41, 5.74) is 1.78. The summed E-state index contributed by atoms with van der Waals surface area (Å²) in [4.78, 5) is 43.7. The number of rotatable bonds is 7. The van der Waals surface area contributed by atoms with Gasteiger partial charge in [0.2, 0.25) is 6.79 Å². The number of nitrogens with zero attached hydrogens (tertiary/aromatic N) is 2. The first-order valence-electron chi connectivity index (χ1n) is 16.7. The lowest BCUT2D eigenvalue weighted by Gasteiger charge is -2.35. The quantitative estimate of drug-likeness (QED) is 0.293.